The normalized spacial score (nSPS) is 24.5. The SMILES string of the molecule is CN1CCOC[C@H]1c1ccccc1. The molecule has 0 amide bonds. The molecule has 0 unspecified atom stereocenters. The average molecular weight is 177 g/mol. The van der Waals surface area contributed by atoms with Gasteiger partial charge in [-0.15, -0.1) is 0 Å². The zero-order valence-corrected chi connectivity index (χ0v) is 7.94. The van der Waals surface area contributed by atoms with Crippen molar-refractivity contribution in [1.82, 2.24) is 4.90 Å². The second kappa shape index (κ2) is 3.90. The molecule has 1 aromatic carbocycles. The lowest BCUT2D eigenvalue weighted by molar-refractivity contribution is 0.00506. The van der Waals surface area contributed by atoms with Crippen LogP contribution >= 0.6 is 0 Å². The minimum absolute atomic E-state index is 0.440. The summed E-state index contributed by atoms with van der Waals surface area (Å²) in [6.07, 6.45) is 0. The Hall–Kier alpha value is -0.860. The number of benzene rings is 1. The van der Waals surface area contributed by atoms with Crippen LogP contribution < -0.4 is 0 Å². The van der Waals surface area contributed by atoms with Gasteiger partial charge in [0.25, 0.3) is 0 Å². The molecule has 1 saturated heterocycles. The Morgan fingerprint density at radius 3 is 2.77 bits per heavy atom. The molecule has 0 aromatic heterocycles. The van der Waals surface area contributed by atoms with Crippen molar-refractivity contribution in [2.24, 2.45) is 0 Å². The van der Waals surface area contributed by atoms with Gasteiger partial charge < -0.3 is 4.74 Å². The van der Waals surface area contributed by atoms with Crippen LogP contribution in [0.4, 0.5) is 0 Å². The van der Waals surface area contributed by atoms with Crippen molar-refractivity contribution in [3.8, 4) is 0 Å². The lowest BCUT2D eigenvalue weighted by Crippen LogP contribution is -2.36. The van der Waals surface area contributed by atoms with E-state index in [1.165, 1.54) is 5.56 Å². The van der Waals surface area contributed by atoms with E-state index in [2.05, 4.69) is 36.2 Å². The molecule has 0 N–H and O–H groups in total. The van der Waals surface area contributed by atoms with Gasteiger partial charge in [-0.3, -0.25) is 4.90 Å². The lowest BCUT2D eigenvalue weighted by atomic mass is 10.1. The molecular weight excluding hydrogens is 162 g/mol. The molecule has 13 heavy (non-hydrogen) atoms. The fourth-order valence-corrected chi connectivity index (χ4v) is 1.71. The number of likely N-dealkylation sites (N-methyl/N-ethyl adjacent to an activating group) is 1. The van der Waals surface area contributed by atoms with E-state index in [-0.39, 0.29) is 0 Å². The molecular formula is C11H15NO. The molecule has 1 aliphatic heterocycles. The molecule has 2 nitrogen and oxygen atoms in total. The first kappa shape index (κ1) is 8.73. The molecule has 0 radical (unpaired) electrons. The molecule has 1 heterocycles. The summed E-state index contributed by atoms with van der Waals surface area (Å²) >= 11 is 0. The van der Waals surface area contributed by atoms with Gasteiger partial charge in [0.1, 0.15) is 0 Å². The van der Waals surface area contributed by atoms with Gasteiger partial charge in [-0.25, -0.2) is 0 Å². The molecule has 2 heteroatoms. The maximum atomic E-state index is 5.47. The fraction of sp³-hybridized carbons (Fsp3) is 0.455. The van der Waals surface area contributed by atoms with E-state index in [0.717, 1.165) is 19.8 Å². The number of hydrogen-bond acceptors (Lipinski definition) is 2. The van der Waals surface area contributed by atoms with Crippen LogP contribution in [-0.2, 0) is 4.74 Å². The summed E-state index contributed by atoms with van der Waals surface area (Å²) < 4.78 is 5.47. The summed E-state index contributed by atoms with van der Waals surface area (Å²) in [6.45, 7) is 2.71. The van der Waals surface area contributed by atoms with Crippen molar-refractivity contribution >= 4 is 0 Å². The van der Waals surface area contributed by atoms with Crippen LogP contribution in [0.25, 0.3) is 0 Å². The first-order valence-electron chi connectivity index (χ1n) is 4.71. The lowest BCUT2D eigenvalue weighted by Gasteiger charge is -2.32. The second-order valence-corrected chi connectivity index (χ2v) is 3.48. The van der Waals surface area contributed by atoms with E-state index in [9.17, 15) is 0 Å². The summed E-state index contributed by atoms with van der Waals surface area (Å²) in [4.78, 5) is 2.35. The fourth-order valence-electron chi connectivity index (χ4n) is 1.71. The third-order valence-electron chi connectivity index (χ3n) is 2.58. The molecule has 1 atom stereocenters. The highest BCUT2D eigenvalue weighted by molar-refractivity contribution is 5.19. The topological polar surface area (TPSA) is 12.5 Å². The Morgan fingerprint density at radius 1 is 1.31 bits per heavy atom. The second-order valence-electron chi connectivity index (χ2n) is 3.48. The van der Waals surface area contributed by atoms with E-state index in [1.54, 1.807) is 0 Å². The monoisotopic (exact) mass is 177 g/mol. The van der Waals surface area contributed by atoms with E-state index in [0.29, 0.717) is 6.04 Å². The highest BCUT2D eigenvalue weighted by atomic mass is 16.5. The highest BCUT2D eigenvalue weighted by Gasteiger charge is 2.20. The van der Waals surface area contributed by atoms with Crippen LogP contribution in [0.2, 0.25) is 0 Å². The quantitative estimate of drug-likeness (QED) is 0.647. The third kappa shape index (κ3) is 1.90. The Labute approximate surface area is 79.1 Å². The first-order chi connectivity index (χ1) is 6.38. The van der Waals surface area contributed by atoms with Gasteiger partial charge in [0.2, 0.25) is 0 Å². The molecule has 2 rings (SSSR count). The molecule has 1 aliphatic rings. The molecule has 0 bridgehead atoms. The van der Waals surface area contributed by atoms with Gasteiger partial charge in [-0.05, 0) is 12.6 Å². The van der Waals surface area contributed by atoms with Gasteiger partial charge in [-0.1, -0.05) is 30.3 Å². The molecule has 0 spiro atoms. The molecule has 1 fully saturated rings. The third-order valence-corrected chi connectivity index (χ3v) is 2.58. The van der Waals surface area contributed by atoms with E-state index in [1.807, 2.05) is 6.07 Å². The zero-order chi connectivity index (χ0) is 9.10. The summed E-state index contributed by atoms with van der Waals surface area (Å²) in [7, 11) is 2.15. The molecule has 0 saturated carbocycles. The maximum Gasteiger partial charge on any atom is 0.0664 e. The Morgan fingerprint density at radius 2 is 2.08 bits per heavy atom. The van der Waals surface area contributed by atoms with Gasteiger partial charge in [0, 0.05) is 6.54 Å². The van der Waals surface area contributed by atoms with Crippen molar-refractivity contribution < 1.29 is 4.74 Å². The predicted molar refractivity (Wildman–Crippen MR) is 52.6 cm³/mol. The summed E-state index contributed by atoms with van der Waals surface area (Å²) in [6, 6.07) is 11.0. The van der Waals surface area contributed by atoms with Crippen LogP contribution in [0, 0.1) is 0 Å². The number of morpholine rings is 1. The predicted octanol–water partition coefficient (Wildman–Crippen LogP) is 1.69. The minimum Gasteiger partial charge on any atom is -0.378 e. The summed E-state index contributed by atoms with van der Waals surface area (Å²) in [5.74, 6) is 0. The van der Waals surface area contributed by atoms with Gasteiger partial charge in [-0.2, -0.15) is 0 Å². The Balaban J connectivity index is 2.15. The highest BCUT2D eigenvalue weighted by Crippen LogP contribution is 2.21. The van der Waals surface area contributed by atoms with Gasteiger partial charge >= 0.3 is 0 Å². The van der Waals surface area contributed by atoms with Crippen LogP contribution in [-0.4, -0.2) is 31.7 Å². The Bertz CT molecular complexity index is 260. The van der Waals surface area contributed by atoms with Crippen LogP contribution in [0.15, 0.2) is 30.3 Å². The van der Waals surface area contributed by atoms with Crippen LogP contribution in [0.3, 0.4) is 0 Å². The average Bonchev–Trinajstić information content (AvgIpc) is 2.20. The first-order valence-corrected chi connectivity index (χ1v) is 4.71. The largest absolute Gasteiger partial charge is 0.378 e. The van der Waals surface area contributed by atoms with E-state index < -0.39 is 0 Å². The number of nitrogens with zero attached hydrogens (tertiary/aromatic N) is 1. The molecule has 70 valence electrons. The molecule has 1 aromatic rings. The zero-order valence-electron chi connectivity index (χ0n) is 7.94. The van der Waals surface area contributed by atoms with Crippen molar-refractivity contribution in [1.29, 1.82) is 0 Å². The van der Waals surface area contributed by atoms with Gasteiger partial charge in [0.05, 0.1) is 19.3 Å². The van der Waals surface area contributed by atoms with Crippen molar-refractivity contribution in [2.75, 3.05) is 26.8 Å². The number of hydrogen-bond donors (Lipinski definition) is 0. The summed E-state index contributed by atoms with van der Waals surface area (Å²) in [5.41, 5.74) is 1.35. The Kier molecular flexibility index (Phi) is 2.62. The van der Waals surface area contributed by atoms with E-state index in [4.69, 9.17) is 4.74 Å². The van der Waals surface area contributed by atoms with Gasteiger partial charge in [0.15, 0.2) is 0 Å². The number of rotatable bonds is 1. The minimum atomic E-state index is 0.440. The van der Waals surface area contributed by atoms with Crippen molar-refractivity contribution in [3.05, 3.63) is 35.9 Å². The van der Waals surface area contributed by atoms with Crippen molar-refractivity contribution in [2.45, 2.75) is 6.04 Å². The van der Waals surface area contributed by atoms with Crippen LogP contribution in [0.1, 0.15) is 11.6 Å². The maximum absolute atomic E-state index is 5.47. The number of ether oxygens (including phenoxy) is 1. The van der Waals surface area contributed by atoms with E-state index >= 15 is 0 Å². The molecule has 0 aliphatic carbocycles. The summed E-state index contributed by atoms with van der Waals surface area (Å²) in [5, 5.41) is 0. The van der Waals surface area contributed by atoms with Crippen LogP contribution in [0.5, 0.6) is 0 Å². The standard InChI is InChI=1S/C11H15NO/c1-12-7-8-13-9-11(12)10-5-3-2-4-6-10/h2-6,11H,7-9H2,1H3/t11-/m0/s1. The van der Waals surface area contributed by atoms with Crippen molar-refractivity contribution in [3.63, 3.8) is 0 Å². The smallest absolute Gasteiger partial charge is 0.0664 e.